The van der Waals surface area contributed by atoms with E-state index in [1.807, 2.05) is 6.07 Å². The summed E-state index contributed by atoms with van der Waals surface area (Å²) in [7, 11) is 0. The van der Waals surface area contributed by atoms with Gasteiger partial charge in [-0.15, -0.1) is 0 Å². The number of nitrogens with zero attached hydrogens (tertiary/aromatic N) is 3. The highest BCUT2D eigenvalue weighted by atomic mass is 16.1. The van der Waals surface area contributed by atoms with Crippen LogP contribution < -0.4 is 0 Å². The Kier molecular flexibility index (Phi) is 3.06. The van der Waals surface area contributed by atoms with Crippen LogP contribution in [0.25, 0.3) is 5.52 Å². The van der Waals surface area contributed by atoms with Crippen molar-refractivity contribution in [2.24, 2.45) is 0 Å². The van der Waals surface area contributed by atoms with Crippen LogP contribution in [0.2, 0.25) is 0 Å². The molecule has 0 aliphatic carbocycles. The Hall–Kier alpha value is -2.49. The molecule has 0 fully saturated rings. The fourth-order valence-electron chi connectivity index (χ4n) is 2.24. The Morgan fingerprint density at radius 3 is 2.85 bits per heavy atom. The second-order valence-electron chi connectivity index (χ2n) is 4.98. The molecule has 4 nitrogen and oxygen atoms in total. The number of rotatable bonds is 3. The van der Waals surface area contributed by atoms with Gasteiger partial charge in [0.05, 0.1) is 23.5 Å². The molecule has 0 radical (unpaired) electrons. The van der Waals surface area contributed by atoms with E-state index >= 15 is 0 Å². The van der Waals surface area contributed by atoms with Crippen molar-refractivity contribution in [3.8, 4) is 0 Å². The number of ketones is 1. The minimum absolute atomic E-state index is 0.0660. The van der Waals surface area contributed by atoms with Gasteiger partial charge in [0.25, 0.3) is 0 Å². The zero-order chi connectivity index (χ0) is 14.1. The summed E-state index contributed by atoms with van der Waals surface area (Å²) in [6.07, 6.45) is 7.05. The molecule has 2 aromatic heterocycles. The Bertz CT molecular complexity index is 789. The quantitative estimate of drug-likeness (QED) is 0.684. The van der Waals surface area contributed by atoms with Crippen LogP contribution in [-0.4, -0.2) is 20.4 Å². The van der Waals surface area contributed by atoms with Crippen LogP contribution in [0, 0.1) is 13.8 Å². The molecule has 2 heterocycles. The van der Waals surface area contributed by atoms with E-state index in [9.17, 15) is 4.79 Å². The van der Waals surface area contributed by atoms with Gasteiger partial charge in [0.2, 0.25) is 0 Å². The smallest absolute Gasteiger partial charge is 0.171 e. The number of hydrogen-bond acceptors (Lipinski definition) is 3. The van der Waals surface area contributed by atoms with E-state index in [1.54, 1.807) is 29.3 Å². The van der Waals surface area contributed by atoms with E-state index in [-0.39, 0.29) is 5.78 Å². The summed E-state index contributed by atoms with van der Waals surface area (Å²) < 4.78 is 1.67. The molecule has 0 unspecified atom stereocenters. The lowest BCUT2D eigenvalue weighted by atomic mass is 10.0. The van der Waals surface area contributed by atoms with Crippen LogP contribution in [0.1, 0.15) is 27.0 Å². The molecule has 0 atom stereocenters. The van der Waals surface area contributed by atoms with Crippen LogP contribution in [0.3, 0.4) is 0 Å². The minimum Gasteiger partial charge on any atom is -0.294 e. The van der Waals surface area contributed by atoms with Crippen molar-refractivity contribution in [2.75, 3.05) is 0 Å². The fraction of sp³-hybridized carbons (Fsp3) is 0.188. The van der Waals surface area contributed by atoms with Gasteiger partial charge in [0, 0.05) is 18.8 Å². The van der Waals surface area contributed by atoms with Crippen molar-refractivity contribution < 1.29 is 4.79 Å². The van der Waals surface area contributed by atoms with Crippen molar-refractivity contribution in [3.63, 3.8) is 0 Å². The molecule has 100 valence electrons. The monoisotopic (exact) mass is 265 g/mol. The number of benzene rings is 1. The molecule has 3 rings (SSSR count). The second kappa shape index (κ2) is 4.89. The third-order valence-electron chi connectivity index (χ3n) is 3.56. The largest absolute Gasteiger partial charge is 0.294 e. The van der Waals surface area contributed by atoms with Crippen LogP contribution >= 0.6 is 0 Å². The van der Waals surface area contributed by atoms with Crippen LogP contribution in [0.5, 0.6) is 0 Å². The Labute approximate surface area is 117 Å². The summed E-state index contributed by atoms with van der Waals surface area (Å²) >= 11 is 0. The second-order valence-corrected chi connectivity index (χ2v) is 4.98. The van der Waals surface area contributed by atoms with Crippen molar-refractivity contribution in [1.82, 2.24) is 14.6 Å². The normalized spacial score (nSPS) is 10.9. The zero-order valence-corrected chi connectivity index (χ0v) is 11.5. The van der Waals surface area contributed by atoms with E-state index < -0.39 is 0 Å². The lowest BCUT2D eigenvalue weighted by Gasteiger charge is -2.04. The van der Waals surface area contributed by atoms with Gasteiger partial charge in [0.1, 0.15) is 0 Å². The molecule has 0 aliphatic heterocycles. The van der Waals surface area contributed by atoms with Crippen LogP contribution in [-0.2, 0) is 6.42 Å². The first-order chi connectivity index (χ1) is 9.65. The summed E-state index contributed by atoms with van der Waals surface area (Å²) in [5.41, 5.74) is 4.84. The molecule has 0 saturated heterocycles. The van der Waals surface area contributed by atoms with Gasteiger partial charge >= 0.3 is 0 Å². The number of aryl methyl sites for hydroxylation is 2. The molecule has 0 N–H and O–H groups in total. The summed E-state index contributed by atoms with van der Waals surface area (Å²) in [5.74, 6) is 0.0660. The first kappa shape index (κ1) is 12.5. The first-order valence-corrected chi connectivity index (χ1v) is 6.52. The summed E-state index contributed by atoms with van der Waals surface area (Å²) in [6, 6.07) is 6.12. The lowest BCUT2D eigenvalue weighted by Crippen LogP contribution is -2.04. The topological polar surface area (TPSA) is 47.3 Å². The average molecular weight is 265 g/mol. The zero-order valence-electron chi connectivity index (χ0n) is 11.5. The number of fused-ring (bicyclic) bond motifs is 1. The molecule has 0 amide bonds. The van der Waals surface area contributed by atoms with Crippen molar-refractivity contribution in [1.29, 1.82) is 0 Å². The van der Waals surface area contributed by atoms with Gasteiger partial charge in [-0.25, -0.2) is 4.52 Å². The number of Topliss-reactive ketones (excluding diaryl/α,β-unsaturated/α-hetero) is 1. The van der Waals surface area contributed by atoms with Crippen molar-refractivity contribution >= 4 is 11.3 Å². The molecular weight excluding hydrogens is 250 g/mol. The van der Waals surface area contributed by atoms with E-state index in [0.717, 1.165) is 11.1 Å². The molecule has 0 spiro atoms. The highest BCUT2D eigenvalue weighted by Gasteiger charge is 2.13. The van der Waals surface area contributed by atoms with Gasteiger partial charge in [-0.2, -0.15) is 5.10 Å². The molecule has 20 heavy (non-hydrogen) atoms. The lowest BCUT2D eigenvalue weighted by molar-refractivity contribution is 0.0994. The fourth-order valence-corrected chi connectivity index (χ4v) is 2.24. The summed E-state index contributed by atoms with van der Waals surface area (Å²) in [4.78, 5) is 16.5. The van der Waals surface area contributed by atoms with E-state index in [0.29, 0.717) is 12.0 Å². The maximum Gasteiger partial charge on any atom is 0.171 e. The maximum atomic E-state index is 12.4. The molecule has 3 aromatic rings. The molecule has 4 heteroatoms. The predicted octanol–water partition coefficient (Wildman–Crippen LogP) is 2.77. The van der Waals surface area contributed by atoms with Gasteiger partial charge < -0.3 is 0 Å². The molecule has 0 bridgehead atoms. The van der Waals surface area contributed by atoms with Crippen molar-refractivity contribution in [3.05, 3.63) is 65.2 Å². The molecule has 0 saturated carbocycles. The van der Waals surface area contributed by atoms with E-state index in [4.69, 9.17) is 0 Å². The number of carbonyl (C=O) groups is 1. The maximum absolute atomic E-state index is 12.4. The Balaban J connectivity index is 1.91. The minimum atomic E-state index is 0.0660. The number of carbonyl (C=O) groups excluding carboxylic acids is 1. The molecular formula is C16H15N3O. The first-order valence-electron chi connectivity index (χ1n) is 6.52. The SMILES string of the molecule is Cc1ccc(CC(=O)c2cnn3ccncc23)cc1C. The van der Waals surface area contributed by atoms with Gasteiger partial charge in [-0.05, 0) is 30.5 Å². The highest BCUT2D eigenvalue weighted by molar-refractivity contribution is 6.03. The van der Waals surface area contributed by atoms with E-state index in [2.05, 4.69) is 36.1 Å². The number of aromatic nitrogens is 3. The van der Waals surface area contributed by atoms with Gasteiger partial charge in [-0.1, -0.05) is 18.2 Å². The molecule has 1 aromatic carbocycles. The predicted molar refractivity (Wildman–Crippen MR) is 76.9 cm³/mol. The van der Waals surface area contributed by atoms with E-state index in [1.165, 1.54) is 11.1 Å². The van der Waals surface area contributed by atoms with Gasteiger partial charge in [-0.3, -0.25) is 9.78 Å². The summed E-state index contributed by atoms with van der Waals surface area (Å²) in [6.45, 7) is 4.13. The van der Waals surface area contributed by atoms with Gasteiger partial charge in [0.15, 0.2) is 5.78 Å². The van der Waals surface area contributed by atoms with Crippen LogP contribution in [0.4, 0.5) is 0 Å². The van der Waals surface area contributed by atoms with Crippen LogP contribution in [0.15, 0.2) is 43.0 Å². The van der Waals surface area contributed by atoms with Crippen molar-refractivity contribution in [2.45, 2.75) is 20.3 Å². The highest BCUT2D eigenvalue weighted by Crippen LogP contribution is 2.15. The number of hydrogen-bond donors (Lipinski definition) is 0. The Morgan fingerprint density at radius 1 is 1.20 bits per heavy atom. The third-order valence-corrected chi connectivity index (χ3v) is 3.56. The average Bonchev–Trinajstić information content (AvgIpc) is 2.87. The Morgan fingerprint density at radius 2 is 2.05 bits per heavy atom. The standard InChI is InChI=1S/C16H15N3O/c1-11-3-4-13(7-12(11)2)8-16(20)14-9-18-19-6-5-17-10-15(14)19/h3-7,9-10H,8H2,1-2H3. The molecule has 0 aliphatic rings. The summed E-state index contributed by atoms with van der Waals surface area (Å²) in [5, 5.41) is 4.17. The third kappa shape index (κ3) is 2.20.